The van der Waals surface area contributed by atoms with Crippen LogP contribution in [0.3, 0.4) is 0 Å². The fourth-order valence-corrected chi connectivity index (χ4v) is 3.18. The number of methoxy groups -OCH3 is 1. The molecule has 0 aromatic heterocycles. The van der Waals surface area contributed by atoms with Gasteiger partial charge in [-0.3, -0.25) is 9.69 Å². The molecular weight excluding hydrogens is 401 g/mol. The zero-order valence-corrected chi connectivity index (χ0v) is 17.5. The van der Waals surface area contributed by atoms with Crippen LogP contribution in [0.1, 0.15) is 10.4 Å². The lowest BCUT2D eigenvalue weighted by molar-refractivity contribution is 0.0995. The summed E-state index contributed by atoms with van der Waals surface area (Å²) < 4.78 is 11.2. The lowest BCUT2D eigenvalue weighted by Gasteiger charge is -2.36. The van der Waals surface area contributed by atoms with Gasteiger partial charge in [0.25, 0.3) is 5.91 Å². The summed E-state index contributed by atoms with van der Waals surface area (Å²) >= 11 is 0. The summed E-state index contributed by atoms with van der Waals surface area (Å²) in [6.45, 7) is 5.14. The summed E-state index contributed by atoms with van der Waals surface area (Å²) in [6, 6.07) is 15.2. The van der Waals surface area contributed by atoms with Crippen LogP contribution in [0.5, 0.6) is 11.5 Å². The summed E-state index contributed by atoms with van der Waals surface area (Å²) in [6.07, 6.45) is 0. The van der Waals surface area contributed by atoms with Crippen LogP contribution in [0.25, 0.3) is 0 Å². The maximum atomic E-state index is 11.4. The van der Waals surface area contributed by atoms with Gasteiger partial charge >= 0.3 is 0 Å². The van der Waals surface area contributed by atoms with Crippen molar-refractivity contribution in [1.82, 2.24) is 4.90 Å². The van der Waals surface area contributed by atoms with Crippen molar-refractivity contribution in [3.63, 3.8) is 0 Å². The van der Waals surface area contributed by atoms with Gasteiger partial charge in [-0.25, -0.2) is 0 Å². The van der Waals surface area contributed by atoms with Crippen molar-refractivity contribution >= 4 is 36.4 Å². The molecule has 6 nitrogen and oxygen atoms in total. The van der Waals surface area contributed by atoms with E-state index in [1.165, 1.54) is 0 Å². The minimum Gasteiger partial charge on any atom is -0.495 e. The Morgan fingerprint density at radius 1 is 0.964 bits per heavy atom. The Kier molecular flexibility index (Phi) is 9.93. The molecule has 2 N–H and O–H groups in total. The number of amides is 1. The highest BCUT2D eigenvalue weighted by Gasteiger charge is 2.19. The molecule has 0 atom stereocenters. The number of ether oxygens (including phenoxy) is 2. The fraction of sp³-hybridized carbons (Fsp3) is 0.350. The molecule has 0 bridgehead atoms. The first kappa shape index (κ1) is 23.9. The Labute approximate surface area is 178 Å². The van der Waals surface area contributed by atoms with Gasteiger partial charge in [-0.05, 0) is 24.3 Å². The number of rotatable bonds is 7. The quantitative estimate of drug-likeness (QED) is 0.735. The Balaban J connectivity index is 0.00000196. The van der Waals surface area contributed by atoms with E-state index < -0.39 is 5.91 Å². The third-order valence-electron chi connectivity index (χ3n) is 4.62. The van der Waals surface area contributed by atoms with Crippen molar-refractivity contribution in [3.8, 4) is 11.5 Å². The summed E-state index contributed by atoms with van der Waals surface area (Å²) in [5.41, 5.74) is 6.94. The summed E-state index contributed by atoms with van der Waals surface area (Å²) in [7, 11) is 1.70. The topological polar surface area (TPSA) is 68.0 Å². The first-order chi connectivity index (χ1) is 12.7. The Morgan fingerprint density at radius 3 is 2.21 bits per heavy atom. The minimum absolute atomic E-state index is 0. The summed E-state index contributed by atoms with van der Waals surface area (Å²) in [5, 5.41) is 0. The number of halogens is 2. The number of nitrogens with two attached hydrogens (primary N) is 1. The second-order valence-corrected chi connectivity index (χ2v) is 6.21. The number of benzene rings is 2. The molecule has 3 rings (SSSR count). The molecule has 1 amide bonds. The first-order valence-electron chi connectivity index (χ1n) is 8.81. The van der Waals surface area contributed by atoms with Crippen molar-refractivity contribution in [2.75, 3.05) is 51.3 Å². The van der Waals surface area contributed by atoms with Crippen LogP contribution in [0.2, 0.25) is 0 Å². The number of nitrogens with zero attached hydrogens (tertiary/aromatic N) is 2. The predicted molar refractivity (Wildman–Crippen MR) is 117 cm³/mol. The standard InChI is InChI=1S/C20H25N3O3.2ClH/c1-25-19-9-5-3-7-17(19)23-12-10-22(11-13-23)14-15-26-18-8-4-2-6-16(18)20(21)24;;/h2-9H,10-15H2,1H3,(H2,21,24);2*1H. The number of hydrogen-bond donors (Lipinski definition) is 1. The van der Waals surface area contributed by atoms with Gasteiger partial charge in [-0.2, -0.15) is 0 Å². The summed E-state index contributed by atoms with van der Waals surface area (Å²) in [4.78, 5) is 16.1. The lowest BCUT2D eigenvalue weighted by Crippen LogP contribution is -2.47. The van der Waals surface area contributed by atoms with Crippen LogP contribution in [0.4, 0.5) is 5.69 Å². The van der Waals surface area contributed by atoms with Crippen molar-refractivity contribution in [3.05, 3.63) is 54.1 Å². The van der Waals surface area contributed by atoms with E-state index in [0.717, 1.165) is 44.2 Å². The molecule has 1 aliphatic heterocycles. The average molecular weight is 428 g/mol. The van der Waals surface area contributed by atoms with Gasteiger partial charge in [0.2, 0.25) is 0 Å². The highest BCUT2D eigenvalue weighted by Crippen LogP contribution is 2.28. The van der Waals surface area contributed by atoms with Gasteiger partial charge < -0.3 is 20.1 Å². The van der Waals surface area contributed by atoms with E-state index in [9.17, 15) is 4.79 Å². The van der Waals surface area contributed by atoms with E-state index in [4.69, 9.17) is 15.2 Å². The van der Waals surface area contributed by atoms with Crippen LogP contribution in [-0.4, -0.2) is 57.2 Å². The van der Waals surface area contributed by atoms with Gasteiger partial charge in [-0.15, -0.1) is 24.8 Å². The number of anilines is 1. The van der Waals surface area contributed by atoms with Crippen LogP contribution in [-0.2, 0) is 0 Å². The molecule has 1 fully saturated rings. The van der Waals surface area contributed by atoms with Crippen LogP contribution >= 0.6 is 24.8 Å². The molecular formula is C20H27Cl2N3O3. The Bertz CT molecular complexity index is 753. The van der Waals surface area contributed by atoms with E-state index in [2.05, 4.69) is 15.9 Å². The zero-order chi connectivity index (χ0) is 18.4. The Hall–Kier alpha value is -2.15. The van der Waals surface area contributed by atoms with Crippen molar-refractivity contribution < 1.29 is 14.3 Å². The van der Waals surface area contributed by atoms with Crippen LogP contribution in [0, 0.1) is 0 Å². The zero-order valence-electron chi connectivity index (χ0n) is 15.9. The fourth-order valence-electron chi connectivity index (χ4n) is 3.18. The lowest BCUT2D eigenvalue weighted by atomic mass is 10.2. The molecule has 1 saturated heterocycles. The van der Waals surface area contributed by atoms with Crippen LogP contribution in [0.15, 0.2) is 48.5 Å². The maximum absolute atomic E-state index is 11.4. The molecule has 0 saturated carbocycles. The number of primary amides is 1. The first-order valence-corrected chi connectivity index (χ1v) is 8.81. The molecule has 1 aliphatic rings. The monoisotopic (exact) mass is 427 g/mol. The minimum atomic E-state index is -0.467. The van der Waals surface area contributed by atoms with Gasteiger partial charge in [0, 0.05) is 32.7 Å². The third-order valence-corrected chi connectivity index (χ3v) is 4.62. The number of hydrogen-bond acceptors (Lipinski definition) is 5. The SMILES string of the molecule is COc1ccccc1N1CCN(CCOc2ccccc2C(N)=O)CC1.Cl.Cl. The van der Waals surface area contributed by atoms with E-state index in [1.807, 2.05) is 24.3 Å². The van der Waals surface area contributed by atoms with Gasteiger partial charge in [0.1, 0.15) is 18.1 Å². The van der Waals surface area contributed by atoms with E-state index in [0.29, 0.717) is 17.9 Å². The predicted octanol–water partition coefficient (Wildman–Crippen LogP) is 2.84. The molecule has 0 spiro atoms. The molecule has 1 heterocycles. The molecule has 0 radical (unpaired) electrons. The highest BCUT2D eigenvalue weighted by molar-refractivity contribution is 5.95. The highest BCUT2D eigenvalue weighted by atomic mass is 35.5. The normalized spacial score (nSPS) is 13.8. The molecule has 2 aromatic carbocycles. The van der Waals surface area contributed by atoms with E-state index >= 15 is 0 Å². The third kappa shape index (κ3) is 5.92. The molecule has 8 heteroatoms. The number of carbonyl (C=O) groups excluding carboxylic acids is 1. The van der Waals surface area contributed by atoms with E-state index in [-0.39, 0.29) is 24.8 Å². The van der Waals surface area contributed by atoms with Crippen molar-refractivity contribution in [2.24, 2.45) is 5.73 Å². The van der Waals surface area contributed by atoms with E-state index in [1.54, 1.807) is 25.3 Å². The average Bonchev–Trinajstić information content (AvgIpc) is 2.69. The summed E-state index contributed by atoms with van der Waals surface area (Å²) in [5.74, 6) is 0.992. The number of piperazine rings is 1. The molecule has 0 aliphatic carbocycles. The van der Waals surface area contributed by atoms with Gasteiger partial charge in [0.05, 0.1) is 18.4 Å². The molecule has 154 valence electrons. The van der Waals surface area contributed by atoms with Gasteiger partial charge in [-0.1, -0.05) is 24.3 Å². The maximum Gasteiger partial charge on any atom is 0.252 e. The Morgan fingerprint density at radius 2 is 1.57 bits per heavy atom. The van der Waals surface area contributed by atoms with Crippen molar-refractivity contribution in [1.29, 1.82) is 0 Å². The number of carbonyl (C=O) groups is 1. The molecule has 28 heavy (non-hydrogen) atoms. The molecule has 2 aromatic rings. The second-order valence-electron chi connectivity index (χ2n) is 6.21. The van der Waals surface area contributed by atoms with Crippen molar-refractivity contribution in [2.45, 2.75) is 0 Å². The number of para-hydroxylation sites is 3. The smallest absolute Gasteiger partial charge is 0.252 e. The van der Waals surface area contributed by atoms with Gasteiger partial charge in [0.15, 0.2) is 0 Å². The second kappa shape index (κ2) is 11.6. The largest absolute Gasteiger partial charge is 0.495 e. The van der Waals surface area contributed by atoms with Crippen LogP contribution < -0.4 is 20.1 Å². The molecule has 0 unspecified atom stereocenters.